The van der Waals surface area contributed by atoms with Gasteiger partial charge in [0.25, 0.3) is 0 Å². The second-order valence-electron chi connectivity index (χ2n) is 3.03. The van der Waals surface area contributed by atoms with E-state index >= 15 is 0 Å². The maximum atomic E-state index is 13.5. The minimum Gasteiger partial charge on any atom is -0.496 e. The fraction of sp³-hybridized carbons (Fsp3) is 0.273. The maximum Gasteiger partial charge on any atom is 0.135 e. The van der Waals surface area contributed by atoms with Crippen molar-refractivity contribution in [2.45, 2.75) is 13.3 Å². The van der Waals surface area contributed by atoms with Gasteiger partial charge in [-0.15, -0.1) is 0 Å². The van der Waals surface area contributed by atoms with Crippen molar-refractivity contribution in [3.63, 3.8) is 0 Å². The van der Waals surface area contributed by atoms with Gasteiger partial charge in [0.2, 0.25) is 0 Å². The summed E-state index contributed by atoms with van der Waals surface area (Å²) in [5.74, 6) is 0.0362. The molecule has 0 spiro atoms. The van der Waals surface area contributed by atoms with Crippen LogP contribution in [0.2, 0.25) is 5.02 Å². The van der Waals surface area contributed by atoms with Crippen LogP contribution in [0.5, 0.6) is 0 Å². The van der Waals surface area contributed by atoms with Crippen molar-refractivity contribution >= 4 is 23.0 Å². The normalized spacial score (nSPS) is 11.6. The SMILES string of the molecule is CC/C=C(/OC)c1cc(N)c(Cl)cc1F. The summed E-state index contributed by atoms with van der Waals surface area (Å²) in [4.78, 5) is 0. The third-order valence-electron chi connectivity index (χ3n) is 1.96. The van der Waals surface area contributed by atoms with Gasteiger partial charge in [0.15, 0.2) is 0 Å². The van der Waals surface area contributed by atoms with Crippen LogP contribution in [0.3, 0.4) is 0 Å². The van der Waals surface area contributed by atoms with Crippen molar-refractivity contribution in [3.05, 3.63) is 34.6 Å². The summed E-state index contributed by atoms with van der Waals surface area (Å²) in [5, 5.41) is 0.211. The van der Waals surface area contributed by atoms with E-state index in [4.69, 9.17) is 22.1 Å². The number of halogens is 2. The van der Waals surface area contributed by atoms with Gasteiger partial charge in [-0.25, -0.2) is 4.39 Å². The first-order valence-electron chi connectivity index (χ1n) is 4.59. The second-order valence-corrected chi connectivity index (χ2v) is 3.44. The molecule has 0 bridgehead atoms. The summed E-state index contributed by atoms with van der Waals surface area (Å²) in [7, 11) is 1.49. The van der Waals surface area contributed by atoms with Crippen LogP contribution in [-0.2, 0) is 4.74 Å². The lowest BCUT2D eigenvalue weighted by Crippen LogP contribution is -1.96. The molecule has 0 aliphatic heterocycles. The molecule has 0 radical (unpaired) electrons. The van der Waals surface area contributed by atoms with E-state index in [2.05, 4.69) is 0 Å². The Kier molecular flexibility index (Phi) is 3.97. The number of allylic oxidation sites excluding steroid dienone is 1. The van der Waals surface area contributed by atoms with Crippen LogP contribution in [0.4, 0.5) is 10.1 Å². The highest BCUT2D eigenvalue weighted by atomic mass is 35.5. The molecule has 2 nitrogen and oxygen atoms in total. The lowest BCUT2D eigenvalue weighted by molar-refractivity contribution is 0.366. The zero-order valence-corrected chi connectivity index (χ0v) is 9.44. The Morgan fingerprint density at radius 2 is 2.27 bits per heavy atom. The van der Waals surface area contributed by atoms with Crippen LogP contribution >= 0.6 is 11.6 Å². The summed E-state index contributed by atoms with van der Waals surface area (Å²) in [6.07, 6.45) is 2.54. The maximum absolute atomic E-state index is 13.5. The molecule has 0 saturated heterocycles. The first-order valence-corrected chi connectivity index (χ1v) is 4.97. The highest BCUT2D eigenvalue weighted by Crippen LogP contribution is 2.27. The molecule has 0 saturated carbocycles. The van der Waals surface area contributed by atoms with Gasteiger partial charge in [-0.1, -0.05) is 18.5 Å². The molecule has 4 heteroatoms. The third-order valence-corrected chi connectivity index (χ3v) is 2.29. The van der Waals surface area contributed by atoms with Gasteiger partial charge >= 0.3 is 0 Å². The molecule has 82 valence electrons. The molecule has 0 heterocycles. The predicted molar refractivity (Wildman–Crippen MR) is 61.1 cm³/mol. The van der Waals surface area contributed by atoms with E-state index in [9.17, 15) is 4.39 Å². The molecule has 0 aliphatic carbocycles. The molecule has 0 atom stereocenters. The fourth-order valence-corrected chi connectivity index (χ4v) is 1.39. The van der Waals surface area contributed by atoms with Gasteiger partial charge in [0.1, 0.15) is 11.6 Å². The summed E-state index contributed by atoms with van der Waals surface area (Å²) in [5.41, 5.74) is 6.27. The fourth-order valence-electron chi connectivity index (χ4n) is 1.24. The Morgan fingerprint density at radius 3 is 2.80 bits per heavy atom. The second kappa shape index (κ2) is 5.03. The summed E-state index contributed by atoms with van der Waals surface area (Å²) in [6, 6.07) is 2.66. The number of hydrogen-bond donors (Lipinski definition) is 1. The van der Waals surface area contributed by atoms with Crippen molar-refractivity contribution in [1.82, 2.24) is 0 Å². The molecule has 0 aromatic heterocycles. The average molecular weight is 230 g/mol. The largest absolute Gasteiger partial charge is 0.496 e. The Bertz CT molecular complexity index is 390. The Labute approximate surface area is 93.5 Å². The molecule has 1 rings (SSSR count). The monoisotopic (exact) mass is 229 g/mol. The molecule has 0 amide bonds. The molecular weight excluding hydrogens is 217 g/mol. The molecule has 0 fully saturated rings. The van der Waals surface area contributed by atoms with Crippen LogP contribution in [0.15, 0.2) is 18.2 Å². The Balaban J connectivity index is 3.24. The van der Waals surface area contributed by atoms with E-state index in [0.29, 0.717) is 17.0 Å². The van der Waals surface area contributed by atoms with Crippen LogP contribution in [0, 0.1) is 5.82 Å². The summed E-state index contributed by atoms with van der Waals surface area (Å²) < 4.78 is 18.6. The first kappa shape index (κ1) is 11.9. The molecule has 1 aromatic carbocycles. The van der Waals surface area contributed by atoms with Crippen LogP contribution < -0.4 is 5.73 Å². The summed E-state index contributed by atoms with van der Waals surface area (Å²) in [6.45, 7) is 1.94. The Morgan fingerprint density at radius 1 is 1.60 bits per heavy atom. The average Bonchev–Trinajstić information content (AvgIpc) is 2.20. The lowest BCUT2D eigenvalue weighted by atomic mass is 10.1. The van der Waals surface area contributed by atoms with Gasteiger partial charge in [0, 0.05) is 0 Å². The third kappa shape index (κ3) is 2.63. The van der Waals surface area contributed by atoms with Gasteiger partial charge in [0.05, 0.1) is 23.4 Å². The molecule has 1 aromatic rings. The van der Waals surface area contributed by atoms with Crippen LogP contribution in [0.1, 0.15) is 18.9 Å². The van der Waals surface area contributed by atoms with E-state index in [1.54, 1.807) is 6.08 Å². The highest BCUT2D eigenvalue weighted by molar-refractivity contribution is 6.33. The standard InChI is InChI=1S/C11H13ClFNO/c1-3-4-11(15-2)7-5-10(14)8(12)6-9(7)13/h4-6H,3,14H2,1-2H3/b11-4+. The quantitative estimate of drug-likeness (QED) is 0.636. The zero-order chi connectivity index (χ0) is 11.4. The predicted octanol–water partition coefficient (Wildman–Crippen LogP) is 3.46. The topological polar surface area (TPSA) is 35.2 Å². The number of benzene rings is 1. The number of nitrogens with two attached hydrogens (primary N) is 1. The number of ether oxygens (including phenoxy) is 1. The molecular formula is C11H13ClFNO. The zero-order valence-electron chi connectivity index (χ0n) is 8.68. The van der Waals surface area contributed by atoms with E-state index in [1.165, 1.54) is 19.2 Å². The van der Waals surface area contributed by atoms with Crippen molar-refractivity contribution in [2.75, 3.05) is 12.8 Å². The first-order chi connectivity index (χ1) is 7.10. The minimum atomic E-state index is -0.434. The van der Waals surface area contributed by atoms with Crippen molar-refractivity contribution in [3.8, 4) is 0 Å². The molecule has 0 aliphatic rings. The number of rotatable bonds is 3. The highest BCUT2D eigenvalue weighted by Gasteiger charge is 2.10. The van der Waals surface area contributed by atoms with E-state index in [-0.39, 0.29) is 5.02 Å². The van der Waals surface area contributed by atoms with Gasteiger partial charge in [-0.3, -0.25) is 0 Å². The van der Waals surface area contributed by atoms with Crippen LogP contribution in [-0.4, -0.2) is 7.11 Å². The summed E-state index contributed by atoms with van der Waals surface area (Å²) >= 11 is 5.69. The van der Waals surface area contributed by atoms with E-state index in [1.807, 2.05) is 6.92 Å². The molecule has 2 N–H and O–H groups in total. The lowest BCUT2D eigenvalue weighted by Gasteiger charge is -2.09. The van der Waals surface area contributed by atoms with Gasteiger partial charge in [-0.05, 0) is 24.6 Å². The van der Waals surface area contributed by atoms with E-state index < -0.39 is 5.82 Å². The molecule has 15 heavy (non-hydrogen) atoms. The van der Waals surface area contributed by atoms with Crippen molar-refractivity contribution in [1.29, 1.82) is 0 Å². The number of anilines is 1. The number of nitrogen functional groups attached to an aromatic ring is 1. The van der Waals surface area contributed by atoms with Crippen molar-refractivity contribution < 1.29 is 9.13 Å². The number of hydrogen-bond acceptors (Lipinski definition) is 2. The Hall–Kier alpha value is -1.22. The van der Waals surface area contributed by atoms with Crippen molar-refractivity contribution in [2.24, 2.45) is 0 Å². The van der Waals surface area contributed by atoms with Gasteiger partial charge < -0.3 is 10.5 Å². The number of methoxy groups -OCH3 is 1. The van der Waals surface area contributed by atoms with Crippen LogP contribution in [0.25, 0.3) is 5.76 Å². The van der Waals surface area contributed by atoms with E-state index in [0.717, 1.165) is 6.42 Å². The molecule has 0 unspecified atom stereocenters. The smallest absolute Gasteiger partial charge is 0.135 e. The van der Waals surface area contributed by atoms with Gasteiger partial charge in [-0.2, -0.15) is 0 Å². The minimum absolute atomic E-state index is 0.211.